The maximum absolute atomic E-state index is 11.6. The first-order valence-electron chi connectivity index (χ1n) is 24.0. The average molecular weight is 1190 g/mol. The molecule has 405 valence electrons. The van der Waals surface area contributed by atoms with E-state index in [1.54, 1.807) is 6.92 Å². The van der Waals surface area contributed by atoms with E-state index in [0.29, 0.717) is 19.1 Å². The topological polar surface area (TPSA) is 167 Å². The minimum absolute atomic E-state index is 0.0467. The normalized spacial score (nSPS) is 16.3. The number of aliphatic hydroxyl groups is 1. The van der Waals surface area contributed by atoms with Gasteiger partial charge in [-0.05, 0) is 188 Å². The van der Waals surface area contributed by atoms with Gasteiger partial charge in [0.1, 0.15) is 12.7 Å². The zero-order valence-corrected chi connectivity index (χ0v) is 61.4. The standard InChI is InChI=1S/C39H101O16Si13/c1-36(2)38(41)43-35-37(40)34-42-32-31-33-68(30,44-56(6)7)55-67(28,29)54-66(26,27)53-65(24,25)52-64(22,23)51-63(20,21)50-62(18,19)49-61(16,17)48-60(14,15)47-59(12,13)46-58(10,11)45-57(8,9)39(3,4)5/h37,40H,1,31-35H2,2-30H3. The zero-order valence-electron chi connectivity index (χ0n) is 48.4. The molecule has 0 heterocycles. The molecule has 0 bridgehead atoms. The quantitative estimate of drug-likeness (QED) is 0.0285. The van der Waals surface area contributed by atoms with E-state index in [2.05, 4.69) is 126 Å². The summed E-state index contributed by atoms with van der Waals surface area (Å²) in [4.78, 5) is 11.6. The van der Waals surface area contributed by atoms with Crippen molar-refractivity contribution < 1.29 is 68.8 Å². The van der Waals surface area contributed by atoms with E-state index < -0.39 is 124 Å². The third kappa shape index (κ3) is 30.1. The summed E-state index contributed by atoms with van der Waals surface area (Å²) in [6.07, 6.45) is -0.253. The van der Waals surface area contributed by atoms with Gasteiger partial charge in [-0.25, -0.2) is 4.79 Å². The Balaban J connectivity index is 5.65. The number of hydrogen-bond acceptors (Lipinski definition) is 16. The van der Waals surface area contributed by atoms with Crippen molar-refractivity contribution in [3.63, 3.8) is 0 Å². The zero-order chi connectivity index (χ0) is 54.2. The fourth-order valence-electron chi connectivity index (χ4n) is 8.44. The minimum Gasteiger partial charge on any atom is -0.460 e. The molecule has 2 unspecified atom stereocenters. The Morgan fingerprint density at radius 2 is 0.779 bits per heavy atom. The second kappa shape index (κ2) is 25.5. The predicted octanol–water partition coefficient (Wildman–Crippen LogP) is 11.4. The summed E-state index contributed by atoms with van der Waals surface area (Å²) in [5.74, 6) is -0.539. The van der Waals surface area contributed by atoms with Gasteiger partial charge in [0.2, 0.25) is 0 Å². The van der Waals surface area contributed by atoms with Crippen LogP contribution in [0.15, 0.2) is 12.2 Å². The van der Waals surface area contributed by atoms with E-state index >= 15 is 0 Å². The van der Waals surface area contributed by atoms with Crippen LogP contribution < -0.4 is 0 Å². The highest BCUT2D eigenvalue weighted by Crippen LogP contribution is 2.39. The van der Waals surface area contributed by atoms with E-state index in [9.17, 15) is 9.90 Å². The molecule has 0 saturated heterocycles. The van der Waals surface area contributed by atoms with Gasteiger partial charge in [0, 0.05) is 12.2 Å². The summed E-state index contributed by atoms with van der Waals surface area (Å²) in [5.41, 5.74) is 0.279. The first kappa shape index (κ1) is 69.5. The lowest BCUT2D eigenvalue weighted by molar-refractivity contribution is -0.143. The Hall–Kier alpha value is 1.47. The average Bonchev–Trinajstić information content (AvgIpc) is 2.95. The molecule has 29 heteroatoms. The molecule has 68 heavy (non-hydrogen) atoms. The number of ether oxygens (including phenoxy) is 2. The molecular weight excluding hydrogens is 1090 g/mol. The third-order valence-electron chi connectivity index (χ3n) is 9.60. The molecule has 1 radical (unpaired) electrons. The number of esters is 1. The van der Waals surface area contributed by atoms with E-state index in [0.717, 1.165) is 0 Å². The molecule has 0 aliphatic heterocycles. The van der Waals surface area contributed by atoms with Crippen LogP contribution in [0.1, 0.15) is 34.1 Å². The third-order valence-corrected chi connectivity index (χ3v) is 60.9. The van der Waals surface area contributed by atoms with Crippen molar-refractivity contribution in [1.29, 1.82) is 0 Å². The molecule has 0 saturated carbocycles. The molecular formula is C39H101O16Si13. The largest absolute Gasteiger partial charge is 0.460 e. The number of carbonyl (C=O) groups is 1. The Bertz CT molecular complexity index is 1610. The lowest BCUT2D eigenvalue weighted by Crippen LogP contribution is -2.63. The van der Waals surface area contributed by atoms with Crippen molar-refractivity contribution in [2.45, 2.75) is 215 Å². The summed E-state index contributed by atoms with van der Waals surface area (Å²) in [6.45, 7) is 64.2. The molecule has 1 N–H and O–H groups in total. The summed E-state index contributed by atoms with van der Waals surface area (Å²) in [7, 11) is -33.4. The summed E-state index contributed by atoms with van der Waals surface area (Å²) in [5, 5.41) is 10.3. The molecule has 0 fully saturated rings. The van der Waals surface area contributed by atoms with Gasteiger partial charge in [-0.3, -0.25) is 0 Å². The van der Waals surface area contributed by atoms with Gasteiger partial charge in [-0.2, -0.15) is 0 Å². The summed E-state index contributed by atoms with van der Waals surface area (Å²) in [6, 6.07) is 0.684. The number of carbonyl (C=O) groups excluding carboxylic acids is 1. The molecule has 0 aliphatic rings. The van der Waals surface area contributed by atoms with Gasteiger partial charge >= 0.3 is 100 Å². The fraction of sp³-hybridized carbons (Fsp3) is 0.923. The van der Waals surface area contributed by atoms with Crippen molar-refractivity contribution in [3.05, 3.63) is 12.2 Å². The van der Waals surface area contributed by atoms with Gasteiger partial charge in [0.15, 0.2) is 17.4 Å². The lowest BCUT2D eigenvalue weighted by atomic mass is 10.2. The Morgan fingerprint density at radius 1 is 0.500 bits per heavy atom. The molecule has 0 aromatic rings. The van der Waals surface area contributed by atoms with Crippen LogP contribution in [-0.2, 0) is 63.7 Å². The SMILES string of the molecule is C=C(C)C(=O)OCC(O)COCCC[Si](C)(O[Si](C)C)O[Si](C)(C)O[Si](C)(C)O[Si](C)(C)O[Si](C)(C)O[Si](C)(C)O[Si](C)(C)O[Si](C)(C)O[Si](C)(C)O[Si](C)(C)O[Si](C)(C)O[Si](C)(C)C(C)(C)C. The Kier molecular flexibility index (Phi) is 26.1. The first-order chi connectivity index (χ1) is 29.7. The van der Waals surface area contributed by atoms with Crippen LogP contribution in [0.2, 0.25) is 175 Å². The highest BCUT2D eigenvalue weighted by Gasteiger charge is 2.52. The van der Waals surface area contributed by atoms with Crippen LogP contribution in [-0.4, -0.2) is 149 Å². The van der Waals surface area contributed by atoms with E-state index in [4.69, 9.17) is 58.9 Å². The first-order valence-corrected chi connectivity index (χ1v) is 60.0. The van der Waals surface area contributed by atoms with Gasteiger partial charge in [0.05, 0.1) is 6.61 Å². The van der Waals surface area contributed by atoms with E-state index in [1.165, 1.54) is 0 Å². The van der Waals surface area contributed by atoms with Crippen LogP contribution in [0.3, 0.4) is 0 Å². The second-order valence-corrected chi connectivity index (χ2v) is 71.1. The van der Waals surface area contributed by atoms with Crippen molar-refractivity contribution in [2.24, 2.45) is 0 Å². The molecule has 2 atom stereocenters. The van der Waals surface area contributed by atoms with E-state index in [-0.39, 0.29) is 23.8 Å². The predicted molar refractivity (Wildman–Crippen MR) is 306 cm³/mol. The van der Waals surface area contributed by atoms with Crippen LogP contribution in [0.5, 0.6) is 0 Å². The van der Waals surface area contributed by atoms with Gasteiger partial charge < -0.3 is 64.0 Å². The Labute approximate surface area is 430 Å². The fourth-order valence-corrected chi connectivity index (χ4v) is 72.4. The van der Waals surface area contributed by atoms with Crippen LogP contribution >= 0.6 is 0 Å². The highest BCUT2D eigenvalue weighted by atomic mass is 28.5. The van der Waals surface area contributed by atoms with Crippen molar-refractivity contribution >= 4 is 117 Å². The van der Waals surface area contributed by atoms with Crippen LogP contribution in [0, 0.1) is 0 Å². The van der Waals surface area contributed by atoms with Crippen molar-refractivity contribution in [2.75, 3.05) is 19.8 Å². The smallest absolute Gasteiger partial charge is 0.333 e. The second-order valence-electron chi connectivity index (χ2n) is 24.2. The molecule has 0 rings (SSSR count). The van der Waals surface area contributed by atoms with Gasteiger partial charge in [-0.1, -0.05) is 27.4 Å². The summed E-state index contributed by atoms with van der Waals surface area (Å²) >= 11 is 0. The van der Waals surface area contributed by atoms with Crippen LogP contribution in [0.25, 0.3) is 0 Å². The number of aliphatic hydroxyl groups excluding tert-OH is 1. The lowest BCUT2D eigenvalue weighted by Gasteiger charge is -2.46. The molecule has 0 aliphatic carbocycles. The molecule has 0 aromatic heterocycles. The van der Waals surface area contributed by atoms with Crippen molar-refractivity contribution in [1.82, 2.24) is 0 Å². The van der Waals surface area contributed by atoms with E-state index in [1.807, 2.05) is 65.5 Å². The number of rotatable bonds is 33. The Morgan fingerprint density at radius 3 is 1.04 bits per heavy atom. The van der Waals surface area contributed by atoms with Crippen LogP contribution in [0.4, 0.5) is 0 Å². The van der Waals surface area contributed by atoms with Gasteiger partial charge in [0.25, 0.3) is 0 Å². The van der Waals surface area contributed by atoms with Gasteiger partial charge in [-0.15, -0.1) is 0 Å². The molecule has 0 spiro atoms. The van der Waals surface area contributed by atoms with Crippen molar-refractivity contribution in [3.8, 4) is 0 Å². The molecule has 0 aromatic carbocycles. The summed E-state index contributed by atoms with van der Waals surface area (Å²) < 4.78 is 92.8. The molecule has 16 nitrogen and oxygen atoms in total. The number of hydrogen-bond donors (Lipinski definition) is 1. The highest BCUT2D eigenvalue weighted by molar-refractivity contribution is 6.94. The molecule has 0 amide bonds. The monoisotopic (exact) mass is 1190 g/mol. The maximum atomic E-state index is 11.6. The maximum Gasteiger partial charge on any atom is 0.333 e. The minimum atomic E-state index is -2.83.